The van der Waals surface area contributed by atoms with Crippen LogP contribution in [0.3, 0.4) is 0 Å². The maximum atomic E-state index is 12.3. The molecule has 24 heavy (non-hydrogen) atoms. The Hall–Kier alpha value is -2.15. The molecule has 2 aromatic rings. The number of nitrogens with one attached hydrogen (secondary N) is 2. The van der Waals surface area contributed by atoms with Crippen molar-refractivity contribution in [3.05, 3.63) is 57.8 Å². The summed E-state index contributed by atoms with van der Waals surface area (Å²) in [5, 5.41) is 6.07. The SMILES string of the molecule is COCCNC(=O)c1ccnc(C(=O)Nc2cc(Cl)ccc2Cl)c1. The molecule has 0 aliphatic carbocycles. The Kier molecular flexibility index (Phi) is 6.54. The third-order valence-electron chi connectivity index (χ3n) is 3.02. The third-order valence-corrected chi connectivity index (χ3v) is 3.59. The average molecular weight is 368 g/mol. The summed E-state index contributed by atoms with van der Waals surface area (Å²) in [7, 11) is 1.54. The fraction of sp³-hybridized carbons (Fsp3) is 0.188. The van der Waals surface area contributed by atoms with Crippen LogP contribution in [0.1, 0.15) is 20.8 Å². The molecule has 0 saturated carbocycles. The summed E-state index contributed by atoms with van der Waals surface area (Å²) < 4.78 is 4.86. The minimum Gasteiger partial charge on any atom is -0.383 e. The van der Waals surface area contributed by atoms with Gasteiger partial charge in [0.15, 0.2) is 0 Å². The molecule has 8 heteroatoms. The van der Waals surface area contributed by atoms with Gasteiger partial charge in [-0.25, -0.2) is 0 Å². The number of aromatic nitrogens is 1. The van der Waals surface area contributed by atoms with E-state index in [2.05, 4.69) is 15.6 Å². The number of ether oxygens (including phenoxy) is 1. The maximum absolute atomic E-state index is 12.3. The molecule has 0 spiro atoms. The van der Waals surface area contributed by atoms with Crippen molar-refractivity contribution in [3.63, 3.8) is 0 Å². The molecule has 2 amide bonds. The molecule has 0 atom stereocenters. The van der Waals surface area contributed by atoms with Gasteiger partial charge in [-0.05, 0) is 30.3 Å². The van der Waals surface area contributed by atoms with E-state index in [0.29, 0.717) is 34.4 Å². The Morgan fingerprint density at radius 2 is 1.96 bits per heavy atom. The number of rotatable bonds is 6. The molecule has 0 bridgehead atoms. The number of hydrogen-bond donors (Lipinski definition) is 2. The van der Waals surface area contributed by atoms with E-state index in [0.717, 1.165) is 0 Å². The summed E-state index contributed by atoms with van der Waals surface area (Å²) >= 11 is 11.9. The van der Waals surface area contributed by atoms with E-state index < -0.39 is 5.91 Å². The van der Waals surface area contributed by atoms with Gasteiger partial charge in [-0.1, -0.05) is 23.2 Å². The lowest BCUT2D eigenvalue weighted by molar-refractivity contribution is 0.0937. The van der Waals surface area contributed by atoms with Crippen LogP contribution in [-0.4, -0.2) is 37.1 Å². The fourth-order valence-electron chi connectivity index (χ4n) is 1.84. The normalized spacial score (nSPS) is 10.3. The molecule has 0 aliphatic heterocycles. The second-order valence-electron chi connectivity index (χ2n) is 4.76. The highest BCUT2D eigenvalue weighted by molar-refractivity contribution is 6.35. The molecule has 0 unspecified atom stereocenters. The lowest BCUT2D eigenvalue weighted by Crippen LogP contribution is -2.27. The van der Waals surface area contributed by atoms with Gasteiger partial charge in [0.05, 0.1) is 17.3 Å². The number of benzene rings is 1. The number of carbonyl (C=O) groups excluding carboxylic acids is 2. The predicted molar refractivity (Wildman–Crippen MR) is 92.9 cm³/mol. The zero-order valence-corrected chi connectivity index (χ0v) is 14.3. The van der Waals surface area contributed by atoms with Crippen LogP contribution in [0.4, 0.5) is 5.69 Å². The first-order chi connectivity index (χ1) is 11.5. The minimum atomic E-state index is -0.495. The van der Waals surface area contributed by atoms with E-state index in [1.54, 1.807) is 19.2 Å². The Morgan fingerprint density at radius 1 is 1.17 bits per heavy atom. The van der Waals surface area contributed by atoms with Gasteiger partial charge in [0.1, 0.15) is 5.69 Å². The lowest BCUT2D eigenvalue weighted by Gasteiger charge is -2.08. The summed E-state index contributed by atoms with van der Waals surface area (Å²) in [5.41, 5.74) is 0.778. The monoisotopic (exact) mass is 367 g/mol. The minimum absolute atomic E-state index is 0.0884. The molecule has 6 nitrogen and oxygen atoms in total. The smallest absolute Gasteiger partial charge is 0.274 e. The molecule has 1 aromatic heterocycles. The lowest BCUT2D eigenvalue weighted by atomic mass is 10.2. The summed E-state index contributed by atoms with van der Waals surface area (Å²) in [6.45, 7) is 0.773. The van der Waals surface area contributed by atoms with Crippen LogP contribution in [0.2, 0.25) is 10.0 Å². The first-order valence-corrected chi connectivity index (χ1v) is 7.76. The molecule has 126 valence electrons. The van der Waals surface area contributed by atoms with Gasteiger partial charge in [-0.15, -0.1) is 0 Å². The van der Waals surface area contributed by atoms with Crippen molar-refractivity contribution >= 4 is 40.7 Å². The summed E-state index contributed by atoms with van der Waals surface area (Å²) in [6, 6.07) is 7.64. The number of amides is 2. The predicted octanol–water partition coefficient (Wildman–Crippen LogP) is 3.02. The van der Waals surface area contributed by atoms with Gasteiger partial charge in [0.25, 0.3) is 11.8 Å². The van der Waals surface area contributed by atoms with E-state index in [-0.39, 0.29) is 11.6 Å². The fourth-order valence-corrected chi connectivity index (χ4v) is 2.18. The van der Waals surface area contributed by atoms with Gasteiger partial charge in [0, 0.05) is 30.4 Å². The average Bonchev–Trinajstić information content (AvgIpc) is 2.58. The van der Waals surface area contributed by atoms with E-state index in [1.165, 1.54) is 24.4 Å². The zero-order valence-electron chi connectivity index (χ0n) is 12.8. The highest BCUT2D eigenvalue weighted by atomic mass is 35.5. The number of anilines is 1. The van der Waals surface area contributed by atoms with Crippen molar-refractivity contribution in [2.75, 3.05) is 25.6 Å². The Morgan fingerprint density at radius 3 is 2.71 bits per heavy atom. The van der Waals surface area contributed by atoms with Crippen LogP contribution >= 0.6 is 23.2 Å². The van der Waals surface area contributed by atoms with E-state index in [4.69, 9.17) is 27.9 Å². The number of nitrogens with zero attached hydrogens (tertiary/aromatic N) is 1. The Bertz CT molecular complexity index is 753. The van der Waals surface area contributed by atoms with E-state index in [1.807, 2.05) is 0 Å². The maximum Gasteiger partial charge on any atom is 0.274 e. The zero-order chi connectivity index (χ0) is 17.5. The van der Waals surface area contributed by atoms with Gasteiger partial charge in [-0.2, -0.15) is 0 Å². The molecule has 0 fully saturated rings. The van der Waals surface area contributed by atoms with Crippen molar-refractivity contribution in [2.45, 2.75) is 0 Å². The van der Waals surface area contributed by atoms with Gasteiger partial charge in [-0.3, -0.25) is 14.6 Å². The van der Waals surface area contributed by atoms with E-state index in [9.17, 15) is 9.59 Å². The second-order valence-corrected chi connectivity index (χ2v) is 5.60. The second kappa shape index (κ2) is 8.63. The molecular weight excluding hydrogens is 353 g/mol. The molecule has 1 aromatic carbocycles. The summed E-state index contributed by atoms with van der Waals surface area (Å²) in [4.78, 5) is 28.2. The quantitative estimate of drug-likeness (QED) is 0.769. The number of hydrogen-bond acceptors (Lipinski definition) is 4. The first kappa shape index (κ1) is 18.2. The molecule has 0 aliphatic rings. The summed E-state index contributed by atoms with van der Waals surface area (Å²) in [6.07, 6.45) is 1.39. The number of halogens is 2. The number of methoxy groups -OCH3 is 1. The first-order valence-electron chi connectivity index (χ1n) is 7.01. The van der Waals surface area contributed by atoms with Crippen molar-refractivity contribution in [1.29, 1.82) is 0 Å². The Labute approximate surface area is 149 Å². The van der Waals surface area contributed by atoms with Crippen LogP contribution in [0.15, 0.2) is 36.5 Å². The standard InChI is InChI=1S/C16H15Cl2N3O3/c1-24-7-6-20-15(22)10-4-5-19-14(8-10)16(23)21-13-9-11(17)2-3-12(13)18/h2-5,8-9H,6-7H2,1H3,(H,20,22)(H,21,23). The molecule has 0 radical (unpaired) electrons. The van der Waals surface area contributed by atoms with Crippen LogP contribution in [0.5, 0.6) is 0 Å². The van der Waals surface area contributed by atoms with Crippen LogP contribution in [0, 0.1) is 0 Å². The van der Waals surface area contributed by atoms with Crippen LogP contribution in [0.25, 0.3) is 0 Å². The van der Waals surface area contributed by atoms with Crippen LogP contribution < -0.4 is 10.6 Å². The molecular formula is C16H15Cl2N3O3. The number of pyridine rings is 1. The van der Waals surface area contributed by atoms with Gasteiger partial charge < -0.3 is 15.4 Å². The van der Waals surface area contributed by atoms with Crippen molar-refractivity contribution in [1.82, 2.24) is 10.3 Å². The largest absolute Gasteiger partial charge is 0.383 e. The van der Waals surface area contributed by atoms with Crippen molar-refractivity contribution in [2.24, 2.45) is 0 Å². The highest BCUT2D eigenvalue weighted by Crippen LogP contribution is 2.25. The summed E-state index contributed by atoms with van der Waals surface area (Å²) in [5.74, 6) is -0.810. The van der Waals surface area contributed by atoms with Crippen LogP contribution in [-0.2, 0) is 4.74 Å². The van der Waals surface area contributed by atoms with Gasteiger partial charge in [0.2, 0.25) is 0 Å². The molecule has 1 heterocycles. The van der Waals surface area contributed by atoms with Gasteiger partial charge >= 0.3 is 0 Å². The molecule has 2 N–H and O–H groups in total. The third kappa shape index (κ3) is 4.92. The number of carbonyl (C=O) groups is 2. The topological polar surface area (TPSA) is 80.3 Å². The van der Waals surface area contributed by atoms with E-state index >= 15 is 0 Å². The van der Waals surface area contributed by atoms with Crippen molar-refractivity contribution in [3.8, 4) is 0 Å². The van der Waals surface area contributed by atoms with Crippen molar-refractivity contribution < 1.29 is 14.3 Å². The molecule has 2 rings (SSSR count). The Balaban J connectivity index is 2.11. The molecule has 0 saturated heterocycles. The highest BCUT2D eigenvalue weighted by Gasteiger charge is 2.13.